The fourth-order valence-corrected chi connectivity index (χ4v) is 1.31. The maximum atomic E-state index is 13.2. The summed E-state index contributed by atoms with van der Waals surface area (Å²) in [5, 5.41) is 7.31. The Morgan fingerprint density at radius 1 is 1.47 bits per heavy atom. The minimum atomic E-state index is -0.303. The molecule has 0 atom stereocenters. The molecule has 3 nitrogen and oxygen atoms in total. The summed E-state index contributed by atoms with van der Waals surface area (Å²) >= 11 is 4.99. The summed E-state index contributed by atoms with van der Waals surface area (Å²) in [6, 6.07) is 6.42. The van der Waals surface area contributed by atoms with Crippen LogP contribution in [0.5, 0.6) is 0 Å². The normalized spacial score (nSPS) is 10.5. The molecule has 1 rings (SSSR count). The molecule has 0 saturated heterocycles. The molecule has 2 N–H and O–H groups in total. The molecule has 0 aromatic heterocycles. The predicted octanol–water partition coefficient (Wildman–Crippen LogP) is 2.42. The SMILES string of the molecule is CCCCNC(=S)NN=Cc1ccccc1F. The van der Waals surface area contributed by atoms with Crippen LogP contribution in [-0.2, 0) is 0 Å². The third-order valence-corrected chi connectivity index (χ3v) is 2.33. The van der Waals surface area contributed by atoms with Crippen molar-refractivity contribution in [3.63, 3.8) is 0 Å². The van der Waals surface area contributed by atoms with Gasteiger partial charge in [-0.15, -0.1) is 0 Å². The fourth-order valence-electron chi connectivity index (χ4n) is 1.16. The minimum absolute atomic E-state index is 0.303. The Morgan fingerprint density at radius 2 is 2.24 bits per heavy atom. The second-order valence-electron chi connectivity index (χ2n) is 3.50. The molecule has 0 aliphatic heterocycles. The predicted molar refractivity (Wildman–Crippen MR) is 72.6 cm³/mol. The number of nitrogens with zero attached hydrogens (tertiary/aromatic N) is 1. The summed E-state index contributed by atoms with van der Waals surface area (Å²) in [6.07, 6.45) is 3.57. The zero-order valence-electron chi connectivity index (χ0n) is 9.74. The number of hydrazone groups is 1. The van der Waals surface area contributed by atoms with Crippen LogP contribution in [-0.4, -0.2) is 17.9 Å². The van der Waals surface area contributed by atoms with Gasteiger partial charge in [-0.2, -0.15) is 5.10 Å². The van der Waals surface area contributed by atoms with Crippen molar-refractivity contribution in [3.05, 3.63) is 35.6 Å². The third kappa shape index (κ3) is 5.40. The molecule has 0 fully saturated rings. The number of hydrogen-bond donors (Lipinski definition) is 2. The smallest absolute Gasteiger partial charge is 0.186 e. The zero-order valence-corrected chi connectivity index (χ0v) is 10.6. The topological polar surface area (TPSA) is 36.4 Å². The van der Waals surface area contributed by atoms with E-state index in [0.29, 0.717) is 10.7 Å². The number of thiocarbonyl (C=S) groups is 1. The lowest BCUT2D eigenvalue weighted by Gasteiger charge is -2.05. The van der Waals surface area contributed by atoms with Gasteiger partial charge < -0.3 is 5.32 Å². The molecule has 0 aliphatic carbocycles. The molecule has 0 spiro atoms. The van der Waals surface area contributed by atoms with E-state index in [1.54, 1.807) is 18.2 Å². The van der Waals surface area contributed by atoms with Gasteiger partial charge in [-0.3, -0.25) is 5.43 Å². The second-order valence-corrected chi connectivity index (χ2v) is 3.91. The van der Waals surface area contributed by atoms with E-state index in [2.05, 4.69) is 22.8 Å². The van der Waals surface area contributed by atoms with Crippen LogP contribution in [0.3, 0.4) is 0 Å². The van der Waals surface area contributed by atoms with Crippen molar-refractivity contribution in [2.75, 3.05) is 6.54 Å². The highest BCUT2D eigenvalue weighted by Gasteiger charge is 1.96. The van der Waals surface area contributed by atoms with Crippen LogP contribution >= 0.6 is 12.2 Å². The molecule has 0 unspecified atom stereocenters. The second kappa shape index (κ2) is 7.73. The monoisotopic (exact) mass is 253 g/mol. The van der Waals surface area contributed by atoms with Crippen LogP contribution in [0.1, 0.15) is 25.3 Å². The quantitative estimate of drug-likeness (QED) is 0.366. The molecule has 0 heterocycles. The highest BCUT2D eigenvalue weighted by molar-refractivity contribution is 7.80. The molecule has 92 valence electrons. The Balaban J connectivity index is 2.35. The summed E-state index contributed by atoms with van der Waals surface area (Å²) < 4.78 is 13.2. The Hall–Kier alpha value is -1.49. The van der Waals surface area contributed by atoms with Gasteiger partial charge in [-0.1, -0.05) is 31.5 Å². The Morgan fingerprint density at radius 3 is 2.94 bits per heavy atom. The summed E-state index contributed by atoms with van der Waals surface area (Å²) in [6.45, 7) is 2.92. The Labute approximate surface area is 106 Å². The average Bonchev–Trinajstić information content (AvgIpc) is 2.32. The van der Waals surface area contributed by atoms with Crippen LogP contribution in [0.4, 0.5) is 4.39 Å². The van der Waals surface area contributed by atoms with Crippen molar-refractivity contribution in [1.29, 1.82) is 0 Å². The van der Waals surface area contributed by atoms with Crippen LogP contribution in [0.2, 0.25) is 0 Å². The number of hydrogen-bond acceptors (Lipinski definition) is 2. The van der Waals surface area contributed by atoms with E-state index < -0.39 is 0 Å². The lowest BCUT2D eigenvalue weighted by Crippen LogP contribution is -2.32. The lowest BCUT2D eigenvalue weighted by atomic mass is 10.2. The molecule has 5 heteroatoms. The lowest BCUT2D eigenvalue weighted by molar-refractivity contribution is 0.626. The minimum Gasteiger partial charge on any atom is -0.361 e. The standard InChI is InChI=1S/C12H16FN3S/c1-2-3-8-14-12(17)16-15-9-10-6-4-5-7-11(10)13/h4-7,9H,2-3,8H2,1H3,(H2,14,16,17). The summed E-state index contributed by atoms with van der Waals surface area (Å²) in [5.41, 5.74) is 3.07. The molecule has 1 aromatic rings. The van der Waals surface area contributed by atoms with Crippen LogP contribution in [0.15, 0.2) is 29.4 Å². The van der Waals surface area contributed by atoms with Crippen molar-refractivity contribution in [2.24, 2.45) is 5.10 Å². The first kappa shape index (κ1) is 13.6. The molecular formula is C12H16FN3S. The van der Waals surface area contributed by atoms with Gasteiger partial charge in [0.1, 0.15) is 5.82 Å². The van der Waals surface area contributed by atoms with E-state index in [4.69, 9.17) is 12.2 Å². The first-order valence-corrected chi connectivity index (χ1v) is 5.96. The number of unbranched alkanes of at least 4 members (excludes halogenated alkanes) is 1. The van der Waals surface area contributed by atoms with E-state index in [9.17, 15) is 4.39 Å². The molecule has 0 bridgehead atoms. The Kier molecular flexibility index (Phi) is 6.17. The van der Waals surface area contributed by atoms with Gasteiger partial charge in [-0.05, 0) is 24.7 Å². The number of halogens is 1. The Bertz CT molecular complexity index is 393. The summed E-state index contributed by atoms with van der Waals surface area (Å²) in [5.74, 6) is -0.303. The number of benzene rings is 1. The van der Waals surface area contributed by atoms with E-state index in [1.807, 2.05) is 0 Å². The first-order valence-electron chi connectivity index (χ1n) is 5.55. The highest BCUT2D eigenvalue weighted by atomic mass is 32.1. The molecule has 17 heavy (non-hydrogen) atoms. The van der Waals surface area contributed by atoms with Crippen molar-refractivity contribution >= 4 is 23.5 Å². The third-order valence-electron chi connectivity index (χ3n) is 2.09. The van der Waals surface area contributed by atoms with Gasteiger partial charge in [0.15, 0.2) is 5.11 Å². The summed E-state index contributed by atoms with van der Waals surface area (Å²) in [4.78, 5) is 0. The molecular weight excluding hydrogens is 237 g/mol. The van der Waals surface area contributed by atoms with Gasteiger partial charge >= 0.3 is 0 Å². The molecule has 1 aromatic carbocycles. The van der Waals surface area contributed by atoms with E-state index in [-0.39, 0.29) is 5.82 Å². The van der Waals surface area contributed by atoms with Gasteiger partial charge in [-0.25, -0.2) is 4.39 Å². The van der Waals surface area contributed by atoms with E-state index in [1.165, 1.54) is 12.3 Å². The van der Waals surface area contributed by atoms with Gasteiger partial charge in [0.25, 0.3) is 0 Å². The first-order chi connectivity index (χ1) is 8.24. The van der Waals surface area contributed by atoms with Crippen molar-refractivity contribution in [1.82, 2.24) is 10.7 Å². The fraction of sp³-hybridized carbons (Fsp3) is 0.333. The number of rotatable bonds is 5. The van der Waals surface area contributed by atoms with E-state index >= 15 is 0 Å². The number of nitrogens with one attached hydrogen (secondary N) is 2. The van der Waals surface area contributed by atoms with Gasteiger partial charge in [0.2, 0.25) is 0 Å². The van der Waals surface area contributed by atoms with Crippen LogP contribution < -0.4 is 10.7 Å². The van der Waals surface area contributed by atoms with Crippen molar-refractivity contribution in [2.45, 2.75) is 19.8 Å². The molecule has 0 saturated carbocycles. The maximum Gasteiger partial charge on any atom is 0.186 e. The average molecular weight is 253 g/mol. The van der Waals surface area contributed by atoms with Crippen molar-refractivity contribution in [3.8, 4) is 0 Å². The summed E-state index contributed by atoms with van der Waals surface area (Å²) in [7, 11) is 0. The molecule has 0 amide bonds. The largest absolute Gasteiger partial charge is 0.361 e. The molecule has 0 aliphatic rings. The van der Waals surface area contributed by atoms with Gasteiger partial charge in [0, 0.05) is 12.1 Å². The van der Waals surface area contributed by atoms with Crippen LogP contribution in [0.25, 0.3) is 0 Å². The zero-order chi connectivity index (χ0) is 12.5. The highest BCUT2D eigenvalue weighted by Crippen LogP contribution is 2.02. The van der Waals surface area contributed by atoms with Gasteiger partial charge in [0.05, 0.1) is 6.21 Å². The van der Waals surface area contributed by atoms with Crippen molar-refractivity contribution < 1.29 is 4.39 Å². The molecule has 0 radical (unpaired) electrons. The van der Waals surface area contributed by atoms with Crippen LogP contribution in [0, 0.1) is 5.82 Å². The van der Waals surface area contributed by atoms with E-state index in [0.717, 1.165) is 19.4 Å². The maximum absolute atomic E-state index is 13.2.